The minimum absolute atomic E-state index is 0.245. The third-order valence-electron chi connectivity index (χ3n) is 4.39. The second kappa shape index (κ2) is 6.40. The number of ether oxygens (including phenoxy) is 1. The molecule has 3 heterocycles. The van der Waals surface area contributed by atoms with Crippen molar-refractivity contribution in [2.24, 2.45) is 5.92 Å². The third kappa shape index (κ3) is 3.25. The van der Waals surface area contributed by atoms with Crippen molar-refractivity contribution < 1.29 is 4.74 Å². The summed E-state index contributed by atoms with van der Waals surface area (Å²) in [6, 6.07) is 4.37. The van der Waals surface area contributed by atoms with Crippen molar-refractivity contribution in [2.75, 3.05) is 18.5 Å². The predicted molar refractivity (Wildman–Crippen MR) is 85.9 cm³/mol. The first-order chi connectivity index (χ1) is 10.6. The number of nitrogens with one attached hydrogen (secondary N) is 1. The molecule has 0 spiro atoms. The van der Waals surface area contributed by atoms with Gasteiger partial charge in [-0.25, -0.2) is 9.97 Å². The molecule has 1 N–H and O–H groups in total. The molecule has 1 saturated heterocycles. The highest BCUT2D eigenvalue weighted by Crippen LogP contribution is 2.22. The van der Waals surface area contributed by atoms with E-state index in [4.69, 9.17) is 4.74 Å². The molecule has 0 bridgehead atoms. The quantitative estimate of drug-likeness (QED) is 0.939. The number of hydrogen-bond acceptors (Lipinski definition) is 5. The molecule has 0 amide bonds. The topological polar surface area (TPSA) is 59.9 Å². The molecule has 0 aliphatic carbocycles. The van der Waals surface area contributed by atoms with Gasteiger partial charge in [-0.05, 0) is 50.5 Å². The van der Waals surface area contributed by atoms with Crippen LogP contribution in [-0.4, -0.2) is 34.2 Å². The smallest absolute Gasteiger partial charge is 0.223 e. The fraction of sp³-hybridized carbons (Fsp3) is 0.471. The van der Waals surface area contributed by atoms with Crippen LogP contribution in [0.1, 0.15) is 22.5 Å². The Labute approximate surface area is 131 Å². The first-order valence-corrected chi connectivity index (χ1v) is 7.68. The zero-order valence-electron chi connectivity index (χ0n) is 13.3. The molecule has 1 aliphatic heterocycles. The zero-order chi connectivity index (χ0) is 15.5. The first kappa shape index (κ1) is 14.9. The lowest BCUT2D eigenvalue weighted by atomic mass is 9.95. The largest absolute Gasteiger partial charge is 0.379 e. The van der Waals surface area contributed by atoms with Crippen LogP contribution >= 0.6 is 0 Å². The molecule has 2 aromatic rings. The van der Waals surface area contributed by atoms with Crippen molar-refractivity contribution in [3.05, 3.63) is 47.0 Å². The minimum Gasteiger partial charge on any atom is -0.379 e. The van der Waals surface area contributed by atoms with Crippen LogP contribution in [0.4, 0.5) is 5.95 Å². The number of nitrogens with zero attached hydrogens (tertiary/aromatic N) is 3. The van der Waals surface area contributed by atoms with E-state index in [9.17, 15) is 0 Å². The molecule has 0 radical (unpaired) electrons. The van der Waals surface area contributed by atoms with Crippen LogP contribution < -0.4 is 5.32 Å². The molecule has 0 saturated carbocycles. The Morgan fingerprint density at radius 2 is 1.77 bits per heavy atom. The van der Waals surface area contributed by atoms with Gasteiger partial charge in [0.25, 0.3) is 0 Å². The Morgan fingerprint density at radius 1 is 1.09 bits per heavy atom. The highest BCUT2D eigenvalue weighted by Gasteiger charge is 2.29. The molecule has 3 rings (SSSR count). The summed E-state index contributed by atoms with van der Waals surface area (Å²) in [7, 11) is 0. The summed E-state index contributed by atoms with van der Waals surface area (Å²) in [6.07, 6.45) is 4.65. The molecule has 0 aromatic carbocycles. The van der Waals surface area contributed by atoms with E-state index in [1.807, 2.05) is 26.2 Å². The van der Waals surface area contributed by atoms with Crippen LogP contribution in [-0.2, 0) is 11.2 Å². The van der Waals surface area contributed by atoms with Crippen LogP contribution in [0.15, 0.2) is 24.5 Å². The van der Waals surface area contributed by atoms with Crippen molar-refractivity contribution in [3.8, 4) is 0 Å². The third-order valence-corrected chi connectivity index (χ3v) is 4.39. The van der Waals surface area contributed by atoms with Crippen molar-refractivity contribution in [3.63, 3.8) is 0 Å². The lowest BCUT2D eigenvalue weighted by molar-refractivity contribution is 0.185. The molecule has 5 nitrogen and oxygen atoms in total. The second-order valence-corrected chi connectivity index (χ2v) is 5.95. The Morgan fingerprint density at radius 3 is 2.45 bits per heavy atom. The molecular weight excluding hydrogens is 276 g/mol. The standard InChI is InChI=1S/C17H22N4O/c1-11-12(2)19-17(20-13(11)3)21-16-10-22-9-15(16)8-14-4-6-18-7-5-14/h4-7,15-16H,8-10H2,1-3H3,(H,19,20,21)/t15-,16+/m1/s1. The number of anilines is 1. The Bertz CT molecular complexity index is 621. The number of aryl methyl sites for hydroxylation is 2. The van der Waals surface area contributed by atoms with Gasteiger partial charge in [0, 0.05) is 29.7 Å². The lowest BCUT2D eigenvalue weighted by Gasteiger charge is -2.20. The van der Waals surface area contributed by atoms with Crippen LogP contribution in [0.2, 0.25) is 0 Å². The van der Waals surface area contributed by atoms with Gasteiger partial charge in [-0.1, -0.05) is 0 Å². The summed E-state index contributed by atoms with van der Waals surface area (Å²) in [5, 5.41) is 3.46. The molecule has 1 fully saturated rings. The van der Waals surface area contributed by atoms with Gasteiger partial charge in [0.2, 0.25) is 5.95 Å². The van der Waals surface area contributed by atoms with Crippen molar-refractivity contribution in [1.29, 1.82) is 0 Å². The molecule has 5 heteroatoms. The normalized spacial score (nSPS) is 21.0. The summed E-state index contributed by atoms with van der Waals surface area (Å²) in [5.74, 6) is 1.13. The van der Waals surface area contributed by atoms with Gasteiger partial charge in [0.1, 0.15) is 0 Å². The van der Waals surface area contributed by atoms with Gasteiger partial charge in [0.05, 0.1) is 19.3 Å². The summed E-state index contributed by atoms with van der Waals surface area (Å²) in [5.41, 5.74) is 4.50. The van der Waals surface area contributed by atoms with Gasteiger partial charge < -0.3 is 10.1 Å². The van der Waals surface area contributed by atoms with Crippen LogP contribution in [0.5, 0.6) is 0 Å². The van der Waals surface area contributed by atoms with E-state index in [0.29, 0.717) is 18.5 Å². The van der Waals surface area contributed by atoms with Gasteiger partial charge in [-0.3, -0.25) is 4.98 Å². The minimum atomic E-state index is 0.245. The molecule has 22 heavy (non-hydrogen) atoms. The summed E-state index contributed by atoms with van der Waals surface area (Å²) < 4.78 is 5.66. The van der Waals surface area contributed by atoms with Crippen LogP contribution in [0.3, 0.4) is 0 Å². The maximum absolute atomic E-state index is 5.66. The van der Waals surface area contributed by atoms with Gasteiger partial charge in [-0.15, -0.1) is 0 Å². The fourth-order valence-electron chi connectivity index (χ4n) is 2.78. The molecular formula is C17H22N4O. The predicted octanol–water partition coefficient (Wildman–Crippen LogP) is 2.47. The zero-order valence-corrected chi connectivity index (χ0v) is 13.3. The Hall–Kier alpha value is -2.01. The summed E-state index contributed by atoms with van der Waals surface area (Å²) in [4.78, 5) is 13.2. The molecule has 2 atom stereocenters. The van der Waals surface area contributed by atoms with Gasteiger partial charge in [0.15, 0.2) is 0 Å². The fourth-order valence-corrected chi connectivity index (χ4v) is 2.78. The van der Waals surface area contributed by atoms with Crippen molar-refractivity contribution in [1.82, 2.24) is 15.0 Å². The average Bonchev–Trinajstić information content (AvgIpc) is 2.93. The van der Waals surface area contributed by atoms with Crippen LogP contribution in [0.25, 0.3) is 0 Å². The van der Waals surface area contributed by atoms with E-state index in [1.165, 1.54) is 5.56 Å². The maximum atomic E-state index is 5.66. The van der Waals surface area contributed by atoms with E-state index >= 15 is 0 Å². The van der Waals surface area contributed by atoms with Crippen molar-refractivity contribution in [2.45, 2.75) is 33.2 Å². The van der Waals surface area contributed by atoms with Gasteiger partial charge >= 0.3 is 0 Å². The monoisotopic (exact) mass is 298 g/mol. The first-order valence-electron chi connectivity index (χ1n) is 7.68. The number of rotatable bonds is 4. The van der Waals surface area contributed by atoms with Crippen molar-refractivity contribution >= 4 is 5.95 Å². The van der Waals surface area contributed by atoms with E-state index < -0.39 is 0 Å². The summed E-state index contributed by atoms with van der Waals surface area (Å²) in [6.45, 7) is 7.57. The van der Waals surface area contributed by atoms with E-state index in [0.717, 1.165) is 30.0 Å². The number of aromatic nitrogens is 3. The Kier molecular flexibility index (Phi) is 4.34. The highest BCUT2D eigenvalue weighted by molar-refractivity contribution is 5.34. The molecule has 0 unspecified atom stereocenters. The lowest BCUT2D eigenvalue weighted by Crippen LogP contribution is -2.30. The highest BCUT2D eigenvalue weighted by atomic mass is 16.5. The van der Waals surface area contributed by atoms with E-state index in [2.05, 4.69) is 39.3 Å². The molecule has 2 aromatic heterocycles. The Balaban J connectivity index is 1.71. The number of pyridine rings is 1. The van der Waals surface area contributed by atoms with E-state index in [-0.39, 0.29) is 6.04 Å². The molecule has 1 aliphatic rings. The van der Waals surface area contributed by atoms with Gasteiger partial charge in [-0.2, -0.15) is 0 Å². The summed E-state index contributed by atoms with van der Waals surface area (Å²) >= 11 is 0. The number of hydrogen-bond donors (Lipinski definition) is 1. The second-order valence-electron chi connectivity index (χ2n) is 5.95. The average molecular weight is 298 g/mol. The van der Waals surface area contributed by atoms with E-state index in [1.54, 1.807) is 0 Å². The maximum Gasteiger partial charge on any atom is 0.223 e. The molecule has 116 valence electrons. The SMILES string of the molecule is Cc1nc(N[C@H]2COC[C@H]2Cc2ccncc2)nc(C)c1C. The van der Waals surface area contributed by atoms with Crippen LogP contribution in [0, 0.1) is 26.7 Å².